The summed E-state index contributed by atoms with van der Waals surface area (Å²) >= 11 is 8.19. The van der Waals surface area contributed by atoms with Gasteiger partial charge in [0.25, 0.3) is 5.91 Å². The number of nitrogens with one attached hydrogen (secondary N) is 1. The van der Waals surface area contributed by atoms with Gasteiger partial charge in [-0.25, -0.2) is 13.9 Å². The number of rotatable bonds is 4. The number of hydrogen-bond acceptors (Lipinski definition) is 5. The van der Waals surface area contributed by atoms with Crippen LogP contribution in [0.2, 0.25) is 5.02 Å². The van der Waals surface area contributed by atoms with Crippen molar-refractivity contribution >= 4 is 46.3 Å². The first-order chi connectivity index (χ1) is 19.1. The molecule has 1 aliphatic rings. The van der Waals surface area contributed by atoms with Crippen molar-refractivity contribution < 1.29 is 18.7 Å². The molecule has 1 aliphatic heterocycles. The molecule has 0 radical (unpaired) electrons. The highest BCUT2D eigenvalue weighted by Gasteiger charge is 2.28. The average Bonchev–Trinajstić information content (AvgIpc) is 3.11. The molecule has 1 saturated heterocycles. The number of amides is 2. The van der Waals surface area contributed by atoms with Gasteiger partial charge in [-0.1, -0.05) is 29.8 Å². The monoisotopic (exact) mass is 580 g/mol. The summed E-state index contributed by atoms with van der Waals surface area (Å²) in [6.07, 6.45) is -0.383. The maximum Gasteiger partial charge on any atom is 0.410 e. The molecule has 1 aromatic heterocycles. The third kappa shape index (κ3) is 6.26. The largest absolute Gasteiger partial charge is 0.444 e. The van der Waals surface area contributed by atoms with E-state index in [1.165, 1.54) is 12.1 Å². The summed E-state index contributed by atoms with van der Waals surface area (Å²) in [4.78, 5) is 27.8. The summed E-state index contributed by atoms with van der Waals surface area (Å²) in [6.45, 7) is 6.42. The van der Waals surface area contributed by atoms with E-state index < -0.39 is 5.60 Å². The summed E-state index contributed by atoms with van der Waals surface area (Å²) < 4.78 is 20.9. The Kier molecular flexibility index (Phi) is 8.05. The topological polar surface area (TPSA) is 76.5 Å². The van der Waals surface area contributed by atoms with E-state index >= 15 is 0 Å². The second-order valence-electron chi connectivity index (χ2n) is 10.6. The minimum absolute atomic E-state index is 0.246. The van der Waals surface area contributed by atoms with Gasteiger partial charge in [0.15, 0.2) is 0 Å². The van der Waals surface area contributed by atoms with Crippen molar-refractivity contribution in [2.45, 2.75) is 32.4 Å². The highest BCUT2D eigenvalue weighted by atomic mass is 35.5. The molecule has 3 aromatic carbocycles. The normalized spacial score (nSPS) is 16.0. The van der Waals surface area contributed by atoms with Crippen LogP contribution in [-0.2, 0) is 4.74 Å². The second-order valence-corrected chi connectivity index (χ2v) is 12.2. The molecule has 1 unspecified atom stereocenters. The minimum atomic E-state index is -0.596. The molecule has 208 valence electrons. The highest BCUT2D eigenvalue weighted by molar-refractivity contribution is 7.99. The first kappa shape index (κ1) is 28.0. The van der Waals surface area contributed by atoms with Crippen molar-refractivity contribution in [3.63, 3.8) is 0 Å². The van der Waals surface area contributed by atoms with Gasteiger partial charge in [0.2, 0.25) is 0 Å². The molecular formula is C30H30ClFN4O3S. The van der Waals surface area contributed by atoms with E-state index in [1.54, 1.807) is 51.7 Å². The third-order valence-corrected chi connectivity index (χ3v) is 7.83. The Hall–Kier alpha value is -3.56. The summed E-state index contributed by atoms with van der Waals surface area (Å²) in [7, 11) is 0. The number of thioether (sulfide) groups is 1. The van der Waals surface area contributed by atoms with Crippen LogP contribution >= 0.6 is 23.4 Å². The molecule has 7 nitrogen and oxygen atoms in total. The number of benzene rings is 3. The zero-order valence-electron chi connectivity index (χ0n) is 22.5. The molecule has 0 aliphatic carbocycles. The van der Waals surface area contributed by atoms with Crippen molar-refractivity contribution in [1.29, 1.82) is 0 Å². The Balaban J connectivity index is 1.46. The zero-order chi connectivity index (χ0) is 28.4. The predicted octanol–water partition coefficient (Wildman–Crippen LogP) is 6.57. The van der Waals surface area contributed by atoms with Gasteiger partial charge in [-0.2, -0.15) is 16.9 Å². The van der Waals surface area contributed by atoms with Crippen LogP contribution in [0.5, 0.6) is 0 Å². The molecule has 1 atom stereocenters. The molecule has 5 rings (SSSR count). The van der Waals surface area contributed by atoms with Crippen molar-refractivity contribution in [3.8, 4) is 16.9 Å². The van der Waals surface area contributed by atoms with E-state index in [4.69, 9.17) is 21.4 Å². The van der Waals surface area contributed by atoms with Crippen molar-refractivity contribution in [1.82, 2.24) is 20.0 Å². The van der Waals surface area contributed by atoms with E-state index in [9.17, 15) is 14.0 Å². The van der Waals surface area contributed by atoms with Gasteiger partial charge in [-0.15, -0.1) is 0 Å². The summed E-state index contributed by atoms with van der Waals surface area (Å²) in [5.74, 6) is 0.828. The second kappa shape index (κ2) is 11.5. The number of nitrogens with zero attached hydrogens (tertiary/aromatic N) is 3. The Morgan fingerprint density at radius 3 is 2.58 bits per heavy atom. The molecular weight excluding hydrogens is 551 g/mol. The molecule has 1 fully saturated rings. The quantitative estimate of drug-likeness (QED) is 0.295. The van der Waals surface area contributed by atoms with E-state index in [1.807, 2.05) is 45.0 Å². The summed E-state index contributed by atoms with van der Waals surface area (Å²) in [6, 6.07) is 18.6. The lowest BCUT2D eigenvalue weighted by Crippen LogP contribution is -2.47. The lowest BCUT2D eigenvalue weighted by atomic mass is 10.1. The number of carbonyl (C=O) groups excluding carboxylic acids is 2. The molecule has 2 heterocycles. The van der Waals surface area contributed by atoms with Crippen LogP contribution in [0, 0.1) is 5.82 Å². The van der Waals surface area contributed by atoms with Gasteiger partial charge < -0.3 is 15.0 Å². The number of aromatic nitrogens is 2. The maximum atomic E-state index is 13.7. The van der Waals surface area contributed by atoms with E-state index in [0.29, 0.717) is 46.3 Å². The van der Waals surface area contributed by atoms with Crippen molar-refractivity contribution in [3.05, 3.63) is 83.1 Å². The summed E-state index contributed by atoms with van der Waals surface area (Å²) in [5.41, 5.74) is 2.59. The molecule has 10 heteroatoms. The maximum absolute atomic E-state index is 13.7. The molecule has 2 amide bonds. The van der Waals surface area contributed by atoms with Crippen LogP contribution in [0.4, 0.5) is 9.18 Å². The van der Waals surface area contributed by atoms with Gasteiger partial charge >= 0.3 is 6.09 Å². The number of hydrogen-bond donors (Lipinski definition) is 1. The van der Waals surface area contributed by atoms with E-state index in [2.05, 4.69) is 5.32 Å². The van der Waals surface area contributed by atoms with Crippen LogP contribution in [0.25, 0.3) is 27.8 Å². The number of halogens is 2. The van der Waals surface area contributed by atoms with Crippen LogP contribution in [-0.4, -0.2) is 62.9 Å². The van der Waals surface area contributed by atoms with Gasteiger partial charge in [-0.3, -0.25) is 4.79 Å². The lowest BCUT2D eigenvalue weighted by molar-refractivity contribution is 0.0250. The predicted molar refractivity (Wildman–Crippen MR) is 158 cm³/mol. The SMILES string of the molecule is CC(C)(C)OC(=O)N1CCSCC(NC(=O)c2ccc3c(-c4ccccc4Cl)nn(-c4ccc(F)cc4)c3c2)C1. The average molecular weight is 581 g/mol. The number of carbonyl (C=O) groups is 2. The molecule has 0 spiro atoms. The Morgan fingerprint density at radius 2 is 1.85 bits per heavy atom. The number of fused-ring (bicyclic) bond motifs is 1. The van der Waals surface area contributed by atoms with Crippen molar-refractivity contribution in [2.24, 2.45) is 0 Å². The Bertz CT molecular complexity index is 1550. The van der Waals surface area contributed by atoms with Crippen LogP contribution in [0.15, 0.2) is 66.7 Å². The fourth-order valence-electron chi connectivity index (χ4n) is 4.55. The van der Waals surface area contributed by atoms with Crippen LogP contribution in [0.3, 0.4) is 0 Å². The van der Waals surface area contributed by atoms with Gasteiger partial charge in [0.1, 0.15) is 17.1 Å². The standard InChI is InChI=1S/C30H30ClFN4O3S/c1-30(2,3)39-29(38)35-14-15-40-18-21(17-35)33-28(37)19-8-13-24-26(16-19)36(22-11-9-20(32)10-12-22)34-27(24)23-6-4-5-7-25(23)31/h4-13,16,21H,14-15,17-18H2,1-3H3,(H,33,37). The lowest BCUT2D eigenvalue weighted by Gasteiger charge is -2.28. The Morgan fingerprint density at radius 1 is 1.10 bits per heavy atom. The molecule has 0 saturated carbocycles. The van der Waals surface area contributed by atoms with Gasteiger partial charge in [0.05, 0.1) is 22.3 Å². The van der Waals surface area contributed by atoms with Crippen LogP contribution < -0.4 is 5.32 Å². The summed E-state index contributed by atoms with van der Waals surface area (Å²) in [5, 5.41) is 9.27. The van der Waals surface area contributed by atoms with Crippen LogP contribution in [0.1, 0.15) is 31.1 Å². The molecule has 0 bridgehead atoms. The van der Waals surface area contributed by atoms with Gasteiger partial charge in [-0.05, 0) is 69.3 Å². The molecule has 1 N–H and O–H groups in total. The third-order valence-electron chi connectivity index (χ3n) is 6.40. The molecule has 4 aromatic rings. The van der Waals surface area contributed by atoms with Gasteiger partial charge in [0, 0.05) is 41.1 Å². The fourth-order valence-corrected chi connectivity index (χ4v) is 5.76. The van der Waals surface area contributed by atoms with E-state index in [-0.39, 0.29) is 23.9 Å². The fraction of sp³-hybridized carbons (Fsp3) is 0.300. The number of ether oxygens (including phenoxy) is 1. The van der Waals surface area contributed by atoms with E-state index in [0.717, 1.165) is 16.7 Å². The van der Waals surface area contributed by atoms with Crippen molar-refractivity contribution in [2.75, 3.05) is 24.6 Å². The molecule has 40 heavy (non-hydrogen) atoms. The zero-order valence-corrected chi connectivity index (χ0v) is 24.1. The highest BCUT2D eigenvalue weighted by Crippen LogP contribution is 2.34. The Labute approximate surface area is 241 Å². The minimum Gasteiger partial charge on any atom is -0.444 e. The first-order valence-electron chi connectivity index (χ1n) is 13.0. The smallest absolute Gasteiger partial charge is 0.410 e. The first-order valence-corrected chi connectivity index (χ1v) is 14.5.